The van der Waals surface area contributed by atoms with E-state index in [4.69, 9.17) is 16.0 Å². The maximum absolute atomic E-state index is 12.3. The zero-order chi connectivity index (χ0) is 22.1. The molecule has 4 nitrogen and oxygen atoms in total. The molecule has 7 atom stereocenters. The maximum Gasteiger partial charge on any atom is 0.201 e. The molecule has 0 amide bonds. The molecule has 3 fully saturated rings. The molecule has 0 aromatic heterocycles. The highest BCUT2D eigenvalue weighted by atomic mass is 35.5. The number of carbonyl (C=O) groups is 1. The van der Waals surface area contributed by atoms with E-state index in [0.29, 0.717) is 30.7 Å². The van der Waals surface area contributed by atoms with E-state index in [-0.39, 0.29) is 29.1 Å². The molecule has 0 heterocycles. The second-order valence-electron chi connectivity index (χ2n) is 11.2. The number of ketones is 1. The number of carbonyl (C=O) groups excluding carboxylic acids is 1. The molecule has 3 saturated carbocycles. The van der Waals surface area contributed by atoms with Crippen molar-refractivity contribution in [1.82, 2.24) is 0 Å². The Morgan fingerprint density at radius 1 is 1.40 bits per heavy atom. The van der Waals surface area contributed by atoms with E-state index in [1.807, 2.05) is 6.08 Å². The predicted octanol–water partition coefficient (Wildman–Crippen LogP) is 4.92. The summed E-state index contributed by atoms with van der Waals surface area (Å²) in [5.41, 5.74) is 0.676. The van der Waals surface area contributed by atoms with Crippen molar-refractivity contribution in [2.45, 2.75) is 77.2 Å². The Hall–Kier alpha value is -0.933. The minimum absolute atomic E-state index is 0.0793. The Morgan fingerprint density at radius 2 is 2.10 bits per heavy atom. The van der Waals surface area contributed by atoms with Gasteiger partial charge in [0.05, 0.1) is 6.07 Å². The number of rotatable bonds is 3. The summed E-state index contributed by atoms with van der Waals surface area (Å²) in [6.45, 7) is 13.0. The standard InChI is InChI=1S/C24H34ClNO3Si/c1-15-10-17-18-7-9-24(28,13-26)23(18,3)12-20(29-30(4,5)14-25)21(17)22(2)8-6-16(27)11-19(15)22/h11,17-18,20-21,28H,1,6-10,12,14H2,2-5H3/t17-,18-,20?,21-,22-,23-,24?/m0/s1. The van der Waals surface area contributed by atoms with Crippen LogP contribution in [0.1, 0.15) is 52.4 Å². The SMILES string of the molecule is C=C1C[C@@H]2[C@@H](C(O[Si](C)(C)CCl)C[C@@]3(C)[C@H]2CCC3(O)C#N)[C@@]2(C)CCC(=O)C=C12. The lowest BCUT2D eigenvalue weighted by Crippen LogP contribution is -2.61. The number of allylic oxidation sites excluding steroid dienone is 2. The lowest BCUT2D eigenvalue weighted by molar-refractivity contribution is -0.146. The van der Waals surface area contributed by atoms with Crippen LogP contribution in [-0.2, 0) is 9.22 Å². The summed E-state index contributed by atoms with van der Waals surface area (Å²) < 4.78 is 6.83. The van der Waals surface area contributed by atoms with Gasteiger partial charge in [0, 0.05) is 23.4 Å². The van der Waals surface area contributed by atoms with Gasteiger partial charge in [-0.2, -0.15) is 5.26 Å². The van der Waals surface area contributed by atoms with E-state index >= 15 is 0 Å². The van der Waals surface area contributed by atoms with Crippen LogP contribution in [0, 0.1) is 39.9 Å². The summed E-state index contributed by atoms with van der Waals surface area (Å²) >= 11 is 6.30. The smallest absolute Gasteiger partial charge is 0.201 e. The first-order chi connectivity index (χ1) is 13.9. The van der Waals surface area contributed by atoms with E-state index in [1.165, 1.54) is 0 Å². The van der Waals surface area contributed by atoms with Gasteiger partial charge < -0.3 is 9.53 Å². The minimum Gasteiger partial charge on any atom is -0.413 e. The number of hydrogen-bond donors (Lipinski definition) is 1. The highest BCUT2D eigenvalue weighted by molar-refractivity contribution is 6.77. The number of alkyl halides is 1. The quantitative estimate of drug-likeness (QED) is 0.378. The van der Waals surface area contributed by atoms with Crippen molar-refractivity contribution in [1.29, 1.82) is 5.26 Å². The van der Waals surface area contributed by atoms with Crippen LogP contribution in [0.15, 0.2) is 23.8 Å². The summed E-state index contributed by atoms with van der Waals surface area (Å²) in [5.74, 6) is 0.978. The number of fused-ring (bicyclic) bond motifs is 5. The third-order valence-electron chi connectivity index (χ3n) is 8.97. The second-order valence-corrected chi connectivity index (χ2v) is 16.1. The van der Waals surface area contributed by atoms with Gasteiger partial charge in [-0.15, -0.1) is 11.6 Å². The zero-order valence-electron chi connectivity index (χ0n) is 18.6. The molecule has 4 aliphatic rings. The fourth-order valence-electron chi connectivity index (χ4n) is 7.41. The molecule has 4 aliphatic carbocycles. The van der Waals surface area contributed by atoms with Crippen molar-refractivity contribution >= 4 is 25.7 Å². The van der Waals surface area contributed by atoms with Gasteiger partial charge in [0.1, 0.15) is 0 Å². The van der Waals surface area contributed by atoms with Crippen molar-refractivity contribution in [3.05, 3.63) is 23.8 Å². The molecular weight excluding hydrogens is 414 g/mol. The summed E-state index contributed by atoms with van der Waals surface area (Å²) in [7, 11) is -2.10. The van der Waals surface area contributed by atoms with Crippen LogP contribution in [0.3, 0.4) is 0 Å². The molecule has 0 radical (unpaired) electrons. The largest absolute Gasteiger partial charge is 0.413 e. The molecule has 4 rings (SSSR count). The molecule has 1 N–H and O–H groups in total. The second kappa shape index (κ2) is 7.03. The fourth-order valence-corrected chi connectivity index (χ4v) is 8.71. The Labute approximate surface area is 186 Å². The van der Waals surface area contributed by atoms with E-state index in [0.717, 1.165) is 30.4 Å². The van der Waals surface area contributed by atoms with Gasteiger partial charge in [0.15, 0.2) is 11.4 Å². The van der Waals surface area contributed by atoms with Crippen molar-refractivity contribution in [2.75, 3.05) is 5.50 Å². The highest BCUT2D eigenvalue weighted by Crippen LogP contribution is 2.68. The third kappa shape index (κ3) is 3.02. The third-order valence-corrected chi connectivity index (χ3v) is 12.5. The Morgan fingerprint density at radius 3 is 2.73 bits per heavy atom. The molecule has 0 aromatic rings. The Bertz CT molecular complexity index is 863. The normalized spacial score (nSPS) is 45.8. The van der Waals surface area contributed by atoms with Crippen LogP contribution >= 0.6 is 11.6 Å². The number of hydrogen-bond acceptors (Lipinski definition) is 4. The van der Waals surface area contributed by atoms with Gasteiger partial charge in [0.25, 0.3) is 0 Å². The van der Waals surface area contributed by atoms with Crippen LogP contribution in [0.25, 0.3) is 0 Å². The van der Waals surface area contributed by atoms with Gasteiger partial charge in [-0.1, -0.05) is 26.0 Å². The first-order valence-corrected chi connectivity index (χ1v) is 14.9. The lowest BCUT2D eigenvalue weighted by atomic mass is 9.45. The summed E-state index contributed by atoms with van der Waals surface area (Å²) in [4.78, 5) is 12.3. The first kappa shape index (κ1) is 22.3. The molecule has 164 valence electrons. The van der Waals surface area contributed by atoms with Crippen molar-refractivity contribution in [2.24, 2.45) is 28.6 Å². The van der Waals surface area contributed by atoms with Gasteiger partial charge in [0.2, 0.25) is 8.32 Å². The van der Waals surface area contributed by atoms with Gasteiger partial charge in [-0.25, -0.2) is 0 Å². The van der Waals surface area contributed by atoms with Gasteiger partial charge in [-0.05, 0) is 80.0 Å². The van der Waals surface area contributed by atoms with Crippen molar-refractivity contribution < 1.29 is 14.3 Å². The maximum atomic E-state index is 12.3. The fraction of sp³-hybridized carbons (Fsp3) is 0.750. The number of nitriles is 1. The first-order valence-electron chi connectivity index (χ1n) is 11.2. The molecule has 0 saturated heterocycles. The highest BCUT2D eigenvalue weighted by Gasteiger charge is 2.67. The summed E-state index contributed by atoms with van der Waals surface area (Å²) in [6.07, 6.45) is 5.97. The predicted molar refractivity (Wildman–Crippen MR) is 120 cm³/mol. The zero-order valence-corrected chi connectivity index (χ0v) is 20.4. The van der Waals surface area contributed by atoms with E-state index < -0.39 is 19.3 Å². The van der Waals surface area contributed by atoms with Crippen molar-refractivity contribution in [3.63, 3.8) is 0 Å². The monoisotopic (exact) mass is 447 g/mol. The van der Waals surface area contributed by atoms with E-state index in [2.05, 4.69) is 39.6 Å². The van der Waals surface area contributed by atoms with Gasteiger partial charge in [-0.3, -0.25) is 4.79 Å². The molecular formula is C24H34ClNO3Si. The van der Waals surface area contributed by atoms with Crippen LogP contribution < -0.4 is 0 Å². The minimum atomic E-state index is -2.10. The Balaban J connectivity index is 1.84. The lowest BCUT2D eigenvalue weighted by Gasteiger charge is -2.62. The van der Waals surface area contributed by atoms with Crippen LogP contribution in [0.4, 0.5) is 0 Å². The molecule has 0 aliphatic heterocycles. The molecule has 2 unspecified atom stereocenters. The van der Waals surface area contributed by atoms with Crippen molar-refractivity contribution in [3.8, 4) is 6.07 Å². The van der Waals surface area contributed by atoms with Crippen LogP contribution in [-0.4, -0.2) is 36.4 Å². The molecule has 0 aromatic carbocycles. The molecule has 0 bridgehead atoms. The van der Waals surface area contributed by atoms with Crippen LogP contribution in [0.2, 0.25) is 13.1 Å². The number of halogens is 1. The molecule has 0 spiro atoms. The van der Waals surface area contributed by atoms with Gasteiger partial charge >= 0.3 is 0 Å². The summed E-state index contributed by atoms with van der Waals surface area (Å²) in [5, 5.41) is 21.2. The van der Waals surface area contributed by atoms with E-state index in [9.17, 15) is 15.2 Å². The summed E-state index contributed by atoms with van der Waals surface area (Å²) in [6, 6.07) is 2.26. The van der Waals surface area contributed by atoms with Crippen LogP contribution in [0.5, 0.6) is 0 Å². The topological polar surface area (TPSA) is 70.3 Å². The van der Waals surface area contributed by atoms with E-state index in [1.54, 1.807) is 0 Å². The Kier molecular flexibility index (Phi) is 5.22. The average molecular weight is 448 g/mol. The number of nitrogens with zero attached hydrogens (tertiary/aromatic N) is 1. The number of aliphatic hydroxyl groups is 1. The average Bonchev–Trinajstić information content (AvgIpc) is 2.94. The molecule has 30 heavy (non-hydrogen) atoms. The molecule has 6 heteroatoms.